The molecule has 182 valence electrons. The number of hydrogen-bond donors (Lipinski definition) is 4. The number of urea groups is 1. The molecule has 4 rings (SSSR count). The molecular weight excluding hydrogens is 636 g/mol. The van der Waals surface area contributed by atoms with Crippen LogP contribution in [0.3, 0.4) is 0 Å². The molecule has 0 atom stereocenters. The van der Waals surface area contributed by atoms with E-state index in [0.717, 1.165) is 17.4 Å². The summed E-state index contributed by atoms with van der Waals surface area (Å²) in [6, 6.07) is 8.33. The summed E-state index contributed by atoms with van der Waals surface area (Å²) in [6.07, 6.45) is 0. The summed E-state index contributed by atoms with van der Waals surface area (Å²) in [7, 11) is -2.50. The predicted octanol–water partition coefficient (Wildman–Crippen LogP) is 3.69. The van der Waals surface area contributed by atoms with Crippen LogP contribution in [-0.2, 0) is 10.0 Å². The Morgan fingerprint density at radius 2 is 1.89 bits per heavy atom. The number of H-pyrrole nitrogens is 1. The molecule has 10 nitrogen and oxygen atoms in total. The van der Waals surface area contributed by atoms with Crippen LogP contribution in [0.1, 0.15) is 0 Å². The van der Waals surface area contributed by atoms with Gasteiger partial charge >= 0.3 is 11.7 Å². The van der Waals surface area contributed by atoms with E-state index >= 15 is 4.39 Å². The molecule has 0 aliphatic rings. The quantitative estimate of drug-likeness (QED) is 0.243. The first-order valence-corrected chi connectivity index (χ1v) is 13.3. The Balaban J connectivity index is 1.67. The van der Waals surface area contributed by atoms with Crippen molar-refractivity contribution in [3.8, 4) is 5.69 Å². The summed E-state index contributed by atoms with van der Waals surface area (Å²) in [6.45, 7) is 0. The fourth-order valence-corrected chi connectivity index (χ4v) is 6.42. The zero-order chi connectivity index (χ0) is 25.5. The van der Waals surface area contributed by atoms with Crippen LogP contribution in [0.5, 0.6) is 0 Å². The average molecular weight is 650 g/mol. The lowest BCUT2D eigenvalue weighted by molar-refractivity contribution is 0.256. The highest BCUT2D eigenvalue weighted by Crippen LogP contribution is 2.26. The summed E-state index contributed by atoms with van der Waals surface area (Å²) in [5.41, 5.74) is -1.06. The number of nitrogens with one attached hydrogen (secondary N) is 4. The first-order valence-electron chi connectivity index (χ1n) is 9.55. The Morgan fingerprint density at radius 3 is 2.51 bits per heavy atom. The highest BCUT2D eigenvalue weighted by molar-refractivity contribution is 14.1. The molecular formula is C20H14ClFIN5O5S2. The van der Waals surface area contributed by atoms with Crippen molar-refractivity contribution in [1.29, 1.82) is 0 Å². The number of halogens is 3. The second kappa shape index (κ2) is 9.60. The van der Waals surface area contributed by atoms with Gasteiger partial charge in [0.2, 0.25) is 0 Å². The first-order chi connectivity index (χ1) is 16.5. The monoisotopic (exact) mass is 649 g/mol. The fraction of sp³-hybridized carbons (Fsp3) is 0.0500. The van der Waals surface area contributed by atoms with Crippen molar-refractivity contribution in [3.05, 3.63) is 77.0 Å². The molecule has 0 saturated carbocycles. The number of carbonyl (C=O) groups is 1. The van der Waals surface area contributed by atoms with Crippen molar-refractivity contribution in [2.24, 2.45) is 0 Å². The molecule has 2 aromatic carbocycles. The molecule has 2 aromatic heterocycles. The third-order valence-electron chi connectivity index (χ3n) is 4.73. The number of aromatic nitrogens is 2. The van der Waals surface area contributed by atoms with Gasteiger partial charge < -0.3 is 15.6 Å². The Morgan fingerprint density at radius 1 is 1.14 bits per heavy atom. The van der Waals surface area contributed by atoms with E-state index in [9.17, 15) is 22.8 Å². The van der Waals surface area contributed by atoms with Crippen molar-refractivity contribution in [2.45, 2.75) is 4.21 Å². The van der Waals surface area contributed by atoms with Crippen molar-refractivity contribution in [3.63, 3.8) is 0 Å². The van der Waals surface area contributed by atoms with Gasteiger partial charge in [0.1, 0.15) is 9.90 Å². The zero-order valence-electron chi connectivity index (χ0n) is 17.5. The lowest BCUT2D eigenvalue weighted by atomic mass is 10.2. The molecule has 0 saturated heterocycles. The van der Waals surface area contributed by atoms with Gasteiger partial charge in [0.05, 0.1) is 15.2 Å². The molecule has 0 radical (unpaired) electrons. The van der Waals surface area contributed by atoms with Gasteiger partial charge in [0.25, 0.3) is 15.6 Å². The van der Waals surface area contributed by atoms with Gasteiger partial charge in [-0.15, -0.1) is 11.3 Å². The molecule has 0 bridgehead atoms. The number of rotatable bonds is 5. The minimum absolute atomic E-state index is 0.100. The minimum Gasteiger partial charge on any atom is -0.388 e. The molecule has 2 heterocycles. The Bertz CT molecular complexity index is 1690. The number of aromatic amines is 1. The van der Waals surface area contributed by atoms with E-state index in [1.54, 1.807) is 46.5 Å². The lowest BCUT2D eigenvalue weighted by Gasteiger charge is -2.13. The summed E-state index contributed by atoms with van der Waals surface area (Å²) in [5.74, 6) is -0.987. The SMILES string of the molecule is CNc1ccc2c(=O)n(-c3c(F)cc(NC(=O)NS(=O)(=O)c4ccc(Cl)s4)cc3I)c(=O)[nH]c2c1. The van der Waals surface area contributed by atoms with Crippen molar-refractivity contribution in [2.75, 3.05) is 17.7 Å². The van der Waals surface area contributed by atoms with E-state index in [4.69, 9.17) is 11.6 Å². The lowest BCUT2D eigenvalue weighted by Crippen LogP contribution is -2.35. The molecule has 4 N–H and O–H groups in total. The third-order valence-corrected chi connectivity index (χ3v) is 8.60. The van der Waals surface area contributed by atoms with E-state index in [0.29, 0.717) is 10.3 Å². The van der Waals surface area contributed by atoms with E-state index in [2.05, 4.69) is 15.6 Å². The van der Waals surface area contributed by atoms with Gasteiger partial charge in [-0.1, -0.05) is 11.6 Å². The Labute approximate surface area is 219 Å². The number of benzene rings is 2. The standard InChI is InChI=1S/C20H14ClFIN5O5S2/c1-24-9-2-3-11-14(8-9)26-20(31)28(18(11)29)17-12(22)6-10(7-13(17)23)25-19(30)27-35(32,33)16-5-4-15(21)34-16/h2-8,24H,1H3,(H,26,31)(H2,25,27,30). The van der Waals surface area contributed by atoms with Crippen LogP contribution in [-0.4, -0.2) is 31.0 Å². The highest BCUT2D eigenvalue weighted by atomic mass is 127. The van der Waals surface area contributed by atoms with Gasteiger partial charge in [-0.3, -0.25) is 4.79 Å². The number of hydrogen-bond acceptors (Lipinski definition) is 7. The van der Waals surface area contributed by atoms with Crippen molar-refractivity contribution in [1.82, 2.24) is 14.3 Å². The maximum atomic E-state index is 15.1. The van der Waals surface area contributed by atoms with Gasteiger partial charge in [0.15, 0.2) is 5.82 Å². The van der Waals surface area contributed by atoms with Gasteiger partial charge in [-0.05, 0) is 65.1 Å². The second-order valence-electron chi connectivity index (χ2n) is 6.99. The number of carbonyl (C=O) groups excluding carboxylic acids is 1. The number of sulfonamides is 1. The minimum atomic E-state index is -4.19. The van der Waals surface area contributed by atoms with Crippen LogP contribution in [0.4, 0.5) is 20.6 Å². The van der Waals surface area contributed by atoms with E-state index < -0.39 is 33.1 Å². The number of nitrogens with zero attached hydrogens (tertiary/aromatic N) is 1. The smallest absolute Gasteiger partial charge is 0.333 e. The largest absolute Gasteiger partial charge is 0.388 e. The Hall–Kier alpha value is -2.95. The highest BCUT2D eigenvalue weighted by Gasteiger charge is 2.22. The van der Waals surface area contributed by atoms with Crippen LogP contribution in [0, 0.1) is 9.39 Å². The number of amides is 2. The number of thiophene rings is 1. The summed E-state index contributed by atoms with van der Waals surface area (Å²) >= 11 is 8.20. The Kier molecular flexibility index (Phi) is 6.90. The number of anilines is 2. The van der Waals surface area contributed by atoms with E-state index in [1.165, 1.54) is 24.3 Å². The third kappa shape index (κ3) is 5.05. The van der Waals surface area contributed by atoms with Crippen LogP contribution >= 0.6 is 45.5 Å². The topological polar surface area (TPSA) is 142 Å². The van der Waals surface area contributed by atoms with Crippen LogP contribution in [0.2, 0.25) is 4.34 Å². The molecule has 2 amide bonds. The molecule has 15 heteroatoms. The summed E-state index contributed by atoms with van der Waals surface area (Å²) in [5, 5.41) is 5.28. The van der Waals surface area contributed by atoms with Gasteiger partial charge in [0, 0.05) is 22.0 Å². The molecule has 0 aliphatic heterocycles. The van der Waals surface area contributed by atoms with E-state index in [1.807, 2.05) is 0 Å². The van der Waals surface area contributed by atoms with E-state index in [-0.39, 0.29) is 34.4 Å². The van der Waals surface area contributed by atoms with Crippen molar-refractivity contribution < 1.29 is 17.6 Å². The molecule has 0 aliphatic carbocycles. The van der Waals surface area contributed by atoms with Gasteiger partial charge in [-0.25, -0.2) is 31.7 Å². The molecule has 0 unspecified atom stereocenters. The van der Waals surface area contributed by atoms with Crippen molar-refractivity contribution >= 4 is 83.9 Å². The zero-order valence-corrected chi connectivity index (χ0v) is 22.0. The molecule has 0 fully saturated rings. The maximum Gasteiger partial charge on any atom is 0.333 e. The summed E-state index contributed by atoms with van der Waals surface area (Å²) in [4.78, 5) is 40.5. The molecule has 0 spiro atoms. The van der Waals surface area contributed by atoms with Crippen LogP contribution in [0.15, 0.2) is 56.3 Å². The van der Waals surface area contributed by atoms with Crippen LogP contribution in [0.25, 0.3) is 16.6 Å². The maximum absolute atomic E-state index is 15.1. The molecule has 35 heavy (non-hydrogen) atoms. The first kappa shape index (κ1) is 25.2. The normalized spacial score (nSPS) is 11.4. The molecule has 4 aromatic rings. The number of fused-ring (bicyclic) bond motifs is 1. The average Bonchev–Trinajstić information content (AvgIpc) is 3.22. The van der Waals surface area contributed by atoms with Gasteiger partial charge in [-0.2, -0.15) is 0 Å². The summed E-state index contributed by atoms with van der Waals surface area (Å²) < 4.78 is 42.3. The van der Waals surface area contributed by atoms with Crippen LogP contribution < -0.4 is 26.6 Å². The fourth-order valence-electron chi connectivity index (χ4n) is 3.20. The predicted molar refractivity (Wildman–Crippen MR) is 141 cm³/mol. The second-order valence-corrected chi connectivity index (χ2v) is 11.8.